The van der Waals surface area contributed by atoms with Gasteiger partial charge in [0.15, 0.2) is 0 Å². The molecule has 6 nitrogen and oxygen atoms in total. The Morgan fingerprint density at radius 1 is 1.19 bits per heavy atom. The second-order valence-electron chi connectivity index (χ2n) is 5.97. The maximum absolute atomic E-state index is 12.5. The first-order valence-corrected chi connectivity index (χ1v) is 10.9. The van der Waals surface area contributed by atoms with E-state index in [1.54, 1.807) is 11.3 Å². The van der Waals surface area contributed by atoms with Gasteiger partial charge in [0, 0.05) is 18.7 Å². The van der Waals surface area contributed by atoms with Crippen LogP contribution in [0.2, 0.25) is 0 Å². The third-order valence-corrected chi connectivity index (χ3v) is 7.08. The third-order valence-electron chi connectivity index (χ3n) is 4.25. The molecule has 1 aromatic heterocycles. The quantitative estimate of drug-likeness (QED) is 0.607. The number of hydrogen-bond acceptors (Lipinski definition) is 5. The van der Waals surface area contributed by atoms with E-state index < -0.39 is 10.0 Å². The van der Waals surface area contributed by atoms with Crippen LogP contribution in [-0.4, -0.2) is 37.4 Å². The molecule has 1 aromatic carbocycles. The van der Waals surface area contributed by atoms with Crippen molar-refractivity contribution in [2.45, 2.75) is 31.1 Å². The second kappa shape index (κ2) is 8.11. The number of nitrogens with zero attached hydrogens (tertiary/aromatic N) is 2. The molecule has 2 aromatic rings. The van der Waals surface area contributed by atoms with E-state index in [0.717, 1.165) is 23.4 Å². The third kappa shape index (κ3) is 4.03. The van der Waals surface area contributed by atoms with Gasteiger partial charge in [-0.3, -0.25) is 4.79 Å². The summed E-state index contributed by atoms with van der Waals surface area (Å²) in [5.74, 6) is -0.363. The molecule has 0 unspecified atom stereocenters. The number of benzene rings is 1. The highest BCUT2D eigenvalue weighted by molar-refractivity contribution is 7.89. The molecule has 138 valence electrons. The van der Waals surface area contributed by atoms with Gasteiger partial charge in [-0.1, -0.05) is 13.0 Å². The second-order valence-corrected chi connectivity index (χ2v) is 8.85. The first-order chi connectivity index (χ1) is 12.5. The number of nitrogens with one attached hydrogen (secondary N) is 1. The Bertz CT molecular complexity index is 882. The van der Waals surface area contributed by atoms with Gasteiger partial charge in [0.05, 0.1) is 15.5 Å². The highest BCUT2D eigenvalue weighted by atomic mass is 32.2. The first kappa shape index (κ1) is 18.8. The normalized spacial score (nSPS) is 16.0. The molecule has 0 aliphatic carbocycles. The highest BCUT2D eigenvalue weighted by Gasteiger charge is 2.27. The predicted molar refractivity (Wildman–Crippen MR) is 103 cm³/mol. The van der Waals surface area contributed by atoms with Crippen LogP contribution in [0, 0.1) is 0 Å². The molecule has 1 amide bonds. The molecule has 2 heterocycles. The molecule has 8 heteroatoms. The van der Waals surface area contributed by atoms with Gasteiger partial charge < -0.3 is 0 Å². The first-order valence-electron chi connectivity index (χ1n) is 8.53. The number of rotatable bonds is 6. The van der Waals surface area contributed by atoms with E-state index in [1.165, 1.54) is 28.6 Å². The molecule has 1 aliphatic rings. The number of carbonyl (C=O) groups excluding carboxylic acids is 1. The Balaban J connectivity index is 1.71. The van der Waals surface area contributed by atoms with Gasteiger partial charge in [0.25, 0.3) is 5.91 Å². The van der Waals surface area contributed by atoms with Crippen molar-refractivity contribution in [3.63, 3.8) is 0 Å². The fourth-order valence-corrected chi connectivity index (χ4v) is 5.09. The lowest BCUT2D eigenvalue weighted by molar-refractivity contribution is 0.0954. The van der Waals surface area contributed by atoms with E-state index in [4.69, 9.17) is 0 Å². The summed E-state index contributed by atoms with van der Waals surface area (Å²) in [7, 11) is -3.47. The smallest absolute Gasteiger partial charge is 0.267 e. The molecule has 1 aliphatic heterocycles. The minimum atomic E-state index is -3.47. The molecular formula is C18H21N3O3S2. The summed E-state index contributed by atoms with van der Waals surface area (Å²) in [6.45, 7) is 3.09. The van der Waals surface area contributed by atoms with E-state index >= 15 is 0 Å². The van der Waals surface area contributed by atoms with Gasteiger partial charge in [-0.2, -0.15) is 9.41 Å². The number of amides is 1. The van der Waals surface area contributed by atoms with Crippen LogP contribution in [0.15, 0.2) is 51.8 Å². The zero-order chi connectivity index (χ0) is 18.6. The Hall–Kier alpha value is -2.03. The molecule has 1 saturated heterocycles. The summed E-state index contributed by atoms with van der Waals surface area (Å²) in [6.07, 6.45) is 2.48. The number of hydrazone groups is 1. The van der Waals surface area contributed by atoms with Crippen molar-refractivity contribution in [2.75, 3.05) is 13.1 Å². The monoisotopic (exact) mass is 391 g/mol. The van der Waals surface area contributed by atoms with Crippen molar-refractivity contribution in [2.24, 2.45) is 5.10 Å². The summed E-state index contributed by atoms with van der Waals surface area (Å²) in [5.41, 5.74) is 3.73. The van der Waals surface area contributed by atoms with E-state index in [0.29, 0.717) is 25.1 Å². The molecule has 0 saturated carbocycles. The Morgan fingerprint density at radius 3 is 2.46 bits per heavy atom. The van der Waals surface area contributed by atoms with Crippen molar-refractivity contribution in [3.05, 3.63) is 52.2 Å². The zero-order valence-corrected chi connectivity index (χ0v) is 16.1. The average molecular weight is 392 g/mol. The van der Waals surface area contributed by atoms with Crippen LogP contribution < -0.4 is 5.43 Å². The SMILES string of the molecule is CC/C(=N/NC(=O)c1ccc(S(=O)(=O)N2CCCC2)cc1)c1cccs1. The standard InChI is InChI=1S/C18H21N3O3S2/c1-2-16(17-6-5-13-25-17)19-20-18(22)14-7-9-15(10-8-14)26(23,24)21-11-3-4-12-21/h5-10,13H,2-4,11-12H2,1H3,(H,20,22)/b19-16-. The number of sulfonamides is 1. The zero-order valence-electron chi connectivity index (χ0n) is 14.5. The largest absolute Gasteiger partial charge is 0.271 e. The molecule has 0 radical (unpaired) electrons. The summed E-state index contributed by atoms with van der Waals surface area (Å²) >= 11 is 1.57. The molecule has 0 atom stereocenters. The van der Waals surface area contributed by atoms with Crippen molar-refractivity contribution in [1.82, 2.24) is 9.73 Å². The molecule has 3 rings (SSSR count). The lowest BCUT2D eigenvalue weighted by atomic mass is 10.2. The molecule has 1 N–H and O–H groups in total. The Labute approximate surface area is 157 Å². The topological polar surface area (TPSA) is 78.8 Å². The molecule has 0 spiro atoms. The Kier molecular flexibility index (Phi) is 5.85. The van der Waals surface area contributed by atoms with Crippen LogP contribution in [0.1, 0.15) is 41.4 Å². The number of carbonyl (C=O) groups is 1. The minimum absolute atomic E-state index is 0.215. The highest BCUT2D eigenvalue weighted by Crippen LogP contribution is 2.21. The predicted octanol–water partition coefficient (Wildman–Crippen LogP) is 3.08. The summed E-state index contributed by atoms with van der Waals surface area (Å²) in [6, 6.07) is 9.89. The lowest BCUT2D eigenvalue weighted by Gasteiger charge is -2.15. The molecule has 26 heavy (non-hydrogen) atoms. The van der Waals surface area contributed by atoms with E-state index in [1.807, 2.05) is 24.4 Å². The number of thiophene rings is 1. The van der Waals surface area contributed by atoms with E-state index in [-0.39, 0.29) is 10.8 Å². The van der Waals surface area contributed by atoms with Gasteiger partial charge in [0.2, 0.25) is 10.0 Å². The van der Waals surface area contributed by atoms with Gasteiger partial charge in [-0.05, 0) is 55.0 Å². The maximum Gasteiger partial charge on any atom is 0.271 e. The fraction of sp³-hybridized carbons (Fsp3) is 0.333. The van der Waals surface area contributed by atoms with Gasteiger partial charge >= 0.3 is 0 Å². The van der Waals surface area contributed by atoms with E-state index in [2.05, 4.69) is 10.5 Å². The van der Waals surface area contributed by atoms with Gasteiger partial charge in [-0.15, -0.1) is 11.3 Å². The molecular weight excluding hydrogens is 370 g/mol. The Morgan fingerprint density at radius 2 is 1.88 bits per heavy atom. The fourth-order valence-electron chi connectivity index (χ4n) is 2.79. The maximum atomic E-state index is 12.5. The van der Waals surface area contributed by atoms with Crippen LogP contribution in [-0.2, 0) is 10.0 Å². The van der Waals surface area contributed by atoms with Crippen LogP contribution >= 0.6 is 11.3 Å². The van der Waals surface area contributed by atoms with Crippen molar-refractivity contribution in [1.29, 1.82) is 0 Å². The van der Waals surface area contributed by atoms with Gasteiger partial charge in [-0.25, -0.2) is 13.8 Å². The van der Waals surface area contributed by atoms with Crippen LogP contribution in [0.5, 0.6) is 0 Å². The summed E-state index contributed by atoms with van der Waals surface area (Å²) in [5, 5.41) is 6.16. The van der Waals surface area contributed by atoms with E-state index in [9.17, 15) is 13.2 Å². The van der Waals surface area contributed by atoms with Crippen molar-refractivity contribution in [3.8, 4) is 0 Å². The number of hydrogen-bond donors (Lipinski definition) is 1. The average Bonchev–Trinajstić information content (AvgIpc) is 3.36. The van der Waals surface area contributed by atoms with Crippen LogP contribution in [0.4, 0.5) is 0 Å². The van der Waals surface area contributed by atoms with Crippen LogP contribution in [0.25, 0.3) is 0 Å². The van der Waals surface area contributed by atoms with Crippen molar-refractivity contribution >= 4 is 33.0 Å². The molecule has 1 fully saturated rings. The lowest BCUT2D eigenvalue weighted by Crippen LogP contribution is -2.28. The van der Waals surface area contributed by atoms with Crippen LogP contribution in [0.3, 0.4) is 0 Å². The van der Waals surface area contributed by atoms with Crippen molar-refractivity contribution < 1.29 is 13.2 Å². The molecule has 0 bridgehead atoms. The summed E-state index contributed by atoms with van der Waals surface area (Å²) < 4.78 is 26.5. The minimum Gasteiger partial charge on any atom is -0.267 e. The van der Waals surface area contributed by atoms with Gasteiger partial charge in [0.1, 0.15) is 0 Å². The summed E-state index contributed by atoms with van der Waals surface area (Å²) in [4.78, 5) is 13.5.